The van der Waals surface area contributed by atoms with Crippen LogP contribution in [0.15, 0.2) is 48.1 Å². The number of aliphatic hydroxyl groups is 4. The van der Waals surface area contributed by atoms with Crippen LogP contribution in [0, 0.1) is 17.8 Å². The molecule has 2 aliphatic heterocycles. The second-order valence-corrected chi connectivity index (χ2v) is 11.1. The molecule has 11 atom stereocenters. The molecule has 0 aromatic carbocycles. The molecular formula is C30H46O9. The minimum Gasteiger partial charge on any atom is -0.457 e. The van der Waals surface area contributed by atoms with Gasteiger partial charge in [0.05, 0.1) is 30.8 Å². The average Bonchev–Trinajstić information content (AvgIpc) is 3.66. The summed E-state index contributed by atoms with van der Waals surface area (Å²) >= 11 is 0. The first-order valence-electron chi connectivity index (χ1n) is 13.7. The normalized spacial score (nSPS) is 37.0. The highest BCUT2D eigenvalue weighted by Gasteiger charge is 2.50. The van der Waals surface area contributed by atoms with E-state index < -0.39 is 48.1 Å². The minimum atomic E-state index is -1.61. The highest BCUT2D eigenvalue weighted by Crippen LogP contribution is 2.36. The molecule has 0 spiro atoms. The molecule has 2 heterocycles. The summed E-state index contributed by atoms with van der Waals surface area (Å²) in [6, 6.07) is 0. The predicted molar refractivity (Wildman–Crippen MR) is 146 cm³/mol. The number of rotatable bonds is 9. The summed E-state index contributed by atoms with van der Waals surface area (Å²) in [5, 5.41) is 41.9. The number of epoxide rings is 1. The molecule has 0 aliphatic carbocycles. The van der Waals surface area contributed by atoms with Crippen LogP contribution in [0.1, 0.15) is 61.3 Å². The molecule has 220 valence electrons. The maximum Gasteiger partial charge on any atom is 0.309 e. The van der Waals surface area contributed by atoms with Gasteiger partial charge in [-0.2, -0.15) is 0 Å². The Hall–Kier alpha value is -2.30. The highest BCUT2D eigenvalue weighted by molar-refractivity contribution is 5.71. The lowest BCUT2D eigenvalue weighted by Crippen LogP contribution is -2.40. The summed E-state index contributed by atoms with van der Waals surface area (Å²) in [5.74, 6) is -1.81. The van der Waals surface area contributed by atoms with Crippen molar-refractivity contribution in [3.05, 3.63) is 48.1 Å². The number of carbonyl (C=O) groups excluding carboxylic acids is 2. The Morgan fingerprint density at radius 1 is 1.21 bits per heavy atom. The van der Waals surface area contributed by atoms with Gasteiger partial charge in [0.1, 0.15) is 17.8 Å². The molecule has 0 radical (unpaired) electrons. The van der Waals surface area contributed by atoms with Crippen LogP contribution in [-0.4, -0.2) is 80.7 Å². The molecule has 9 heteroatoms. The van der Waals surface area contributed by atoms with Gasteiger partial charge in [-0.3, -0.25) is 9.59 Å². The van der Waals surface area contributed by atoms with E-state index in [1.165, 1.54) is 26.0 Å². The standard InChI is InChI=1S/C30H46O9/c1-8-23(33)20(5)28-29(39-28)26(35)17(2)10-9-11-18(3)27-19(4)12-13-24(37-21(6)31)30(7,36)15-14-22(32)16-25(34)38-27/h9-15,17,19-20,22-24,26-29,32-33,35-36H,8,16H2,1-7H3/b10-9+,13-12+,15-14+,18-11+/t17-,19+,20+,22+,23-,24+,26+,27-,28+,29+,30+/m0/s1. The van der Waals surface area contributed by atoms with E-state index in [0.29, 0.717) is 6.42 Å². The molecule has 1 fully saturated rings. The van der Waals surface area contributed by atoms with Crippen molar-refractivity contribution in [3.63, 3.8) is 0 Å². The summed E-state index contributed by atoms with van der Waals surface area (Å²) in [6.45, 7) is 12.0. The molecule has 0 aromatic heterocycles. The van der Waals surface area contributed by atoms with Crippen LogP contribution in [0.2, 0.25) is 0 Å². The van der Waals surface area contributed by atoms with Crippen LogP contribution >= 0.6 is 0 Å². The first kappa shape index (κ1) is 32.9. The molecule has 0 saturated carbocycles. The number of esters is 2. The number of carbonyl (C=O) groups is 2. The number of hydrogen-bond acceptors (Lipinski definition) is 9. The fourth-order valence-corrected chi connectivity index (χ4v) is 4.67. The van der Waals surface area contributed by atoms with Gasteiger partial charge >= 0.3 is 11.9 Å². The maximum atomic E-state index is 12.6. The number of aliphatic hydroxyl groups excluding tert-OH is 3. The molecule has 0 aromatic rings. The van der Waals surface area contributed by atoms with Crippen molar-refractivity contribution in [2.24, 2.45) is 17.8 Å². The second-order valence-electron chi connectivity index (χ2n) is 11.1. The lowest BCUT2D eigenvalue weighted by Gasteiger charge is -2.29. The second kappa shape index (κ2) is 14.4. The van der Waals surface area contributed by atoms with Crippen LogP contribution in [0.4, 0.5) is 0 Å². The van der Waals surface area contributed by atoms with Gasteiger partial charge in [0.2, 0.25) is 0 Å². The Bertz CT molecular complexity index is 950. The summed E-state index contributed by atoms with van der Waals surface area (Å²) < 4.78 is 16.7. The van der Waals surface area contributed by atoms with Gasteiger partial charge in [-0.05, 0) is 31.9 Å². The van der Waals surface area contributed by atoms with Crippen molar-refractivity contribution in [3.8, 4) is 0 Å². The van der Waals surface area contributed by atoms with Crippen LogP contribution < -0.4 is 0 Å². The lowest BCUT2D eigenvalue weighted by atomic mass is 9.91. The number of cyclic esters (lactones) is 1. The van der Waals surface area contributed by atoms with E-state index in [2.05, 4.69) is 0 Å². The van der Waals surface area contributed by atoms with Crippen molar-refractivity contribution in [2.45, 2.75) is 110 Å². The summed E-state index contributed by atoms with van der Waals surface area (Å²) in [4.78, 5) is 24.2. The van der Waals surface area contributed by atoms with E-state index >= 15 is 0 Å². The van der Waals surface area contributed by atoms with Crippen LogP contribution in [-0.2, 0) is 23.8 Å². The zero-order valence-corrected chi connectivity index (χ0v) is 24.1. The van der Waals surface area contributed by atoms with Gasteiger partial charge in [-0.15, -0.1) is 0 Å². The van der Waals surface area contributed by atoms with Crippen molar-refractivity contribution < 1.29 is 44.2 Å². The maximum absolute atomic E-state index is 12.6. The van der Waals surface area contributed by atoms with E-state index in [1.807, 2.05) is 40.7 Å². The fraction of sp³-hybridized carbons (Fsp3) is 0.667. The molecule has 0 unspecified atom stereocenters. The monoisotopic (exact) mass is 550 g/mol. The van der Waals surface area contributed by atoms with E-state index in [0.717, 1.165) is 5.57 Å². The van der Waals surface area contributed by atoms with Crippen molar-refractivity contribution >= 4 is 11.9 Å². The molecule has 4 N–H and O–H groups in total. The first-order chi connectivity index (χ1) is 18.2. The number of hydrogen-bond donors (Lipinski definition) is 4. The molecule has 1 saturated heterocycles. The SMILES string of the molecule is CC[C@H](O)[C@@H](C)[C@H]1O[C@@H]1[C@H](O)[C@@H](C)/C=C/C=C(\C)[C@@H]1OC(=O)C[C@H](O)/C=C/[C@@](C)(O)[C@H](OC(C)=O)/C=C/[C@H]1C. The number of allylic oxidation sites excluding steroid dienone is 2. The summed E-state index contributed by atoms with van der Waals surface area (Å²) in [6.07, 6.45) is 7.00. The Morgan fingerprint density at radius 3 is 2.49 bits per heavy atom. The van der Waals surface area contributed by atoms with E-state index in [1.54, 1.807) is 24.3 Å². The zero-order chi connectivity index (χ0) is 29.5. The molecule has 0 amide bonds. The lowest BCUT2D eigenvalue weighted by molar-refractivity contribution is -0.152. The van der Waals surface area contributed by atoms with Gasteiger partial charge < -0.3 is 34.6 Å². The van der Waals surface area contributed by atoms with Gasteiger partial charge in [0, 0.05) is 24.7 Å². The third kappa shape index (κ3) is 9.69. The van der Waals surface area contributed by atoms with Crippen LogP contribution in [0.5, 0.6) is 0 Å². The van der Waals surface area contributed by atoms with Gasteiger partial charge in [0.15, 0.2) is 6.10 Å². The topological polar surface area (TPSA) is 146 Å². The van der Waals surface area contributed by atoms with Gasteiger partial charge in [-0.25, -0.2) is 0 Å². The molecule has 9 nitrogen and oxygen atoms in total. The van der Waals surface area contributed by atoms with E-state index in [4.69, 9.17) is 14.2 Å². The molecule has 39 heavy (non-hydrogen) atoms. The molecule has 0 bridgehead atoms. The molecular weight excluding hydrogens is 504 g/mol. The Morgan fingerprint density at radius 2 is 1.87 bits per heavy atom. The van der Waals surface area contributed by atoms with Crippen molar-refractivity contribution in [1.82, 2.24) is 0 Å². The smallest absolute Gasteiger partial charge is 0.309 e. The highest BCUT2D eigenvalue weighted by atomic mass is 16.6. The number of ether oxygens (including phenoxy) is 3. The summed E-state index contributed by atoms with van der Waals surface area (Å²) in [7, 11) is 0. The van der Waals surface area contributed by atoms with E-state index in [-0.39, 0.29) is 36.4 Å². The van der Waals surface area contributed by atoms with Crippen LogP contribution in [0.25, 0.3) is 0 Å². The largest absolute Gasteiger partial charge is 0.457 e. The quantitative estimate of drug-likeness (QED) is 0.147. The van der Waals surface area contributed by atoms with Gasteiger partial charge in [-0.1, -0.05) is 64.2 Å². The third-order valence-corrected chi connectivity index (χ3v) is 7.43. The van der Waals surface area contributed by atoms with Crippen molar-refractivity contribution in [2.75, 3.05) is 0 Å². The Kier molecular flexibility index (Phi) is 12.1. The third-order valence-electron chi connectivity index (χ3n) is 7.43. The molecule has 2 rings (SSSR count). The van der Waals surface area contributed by atoms with Crippen molar-refractivity contribution in [1.29, 1.82) is 0 Å². The molecule has 2 aliphatic rings. The van der Waals surface area contributed by atoms with Gasteiger partial charge in [0.25, 0.3) is 0 Å². The Labute approximate surface area is 231 Å². The first-order valence-corrected chi connectivity index (χ1v) is 13.7. The summed E-state index contributed by atoms with van der Waals surface area (Å²) in [5.41, 5.74) is -0.889. The minimum absolute atomic E-state index is 0.0588. The zero-order valence-electron chi connectivity index (χ0n) is 24.1. The fourth-order valence-electron chi connectivity index (χ4n) is 4.67. The van der Waals surface area contributed by atoms with E-state index in [9.17, 15) is 30.0 Å². The average molecular weight is 551 g/mol. The van der Waals surface area contributed by atoms with Crippen LogP contribution in [0.3, 0.4) is 0 Å². The predicted octanol–water partition coefficient (Wildman–Crippen LogP) is 2.77. The Balaban J connectivity index is 2.18.